The summed E-state index contributed by atoms with van der Waals surface area (Å²) in [6, 6.07) is 47.3. The highest BCUT2D eigenvalue weighted by atomic mass is 16.6. The molecule has 5 rings (SSSR count). The van der Waals surface area contributed by atoms with Crippen LogP contribution in [0.15, 0.2) is 152 Å². The molecule has 0 aliphatic carbocycles. The molecule has 5 aromatic rings. The maximum Gasteiger partial charge on any atom is 0.338 e. The van der Waals surface area contributed by atoms with Gasteiger partial charge in [-0.2, -0.15) is 0 Å². The minimum Gasteiger partial charge on any atom is -0.459 e. The molecule has 0 aliphatic heterocycles. The predicted molar refractivity (Wildman–Crippen MR) is 183 cm³/mol. The number of esters is 1. The molecule has 0 saturated carbocycles. The van der Waals surface area contributed by atoms with E-state index >= 15 is 0 Å². The van der Waals surface area contributed by atoms with Crippen molar-refractivity contribution in [1.82, 2.24) is 0 Å². The number of ether oxygens (including phenoxy) is 5. The van der Waals surface area contributed by atoms with Crippen LogP contribution < -0.4 is 0 Å². The number of Topliss-reactive ketones (excluding diaryl/α,β-unsaturated/α-hetero) is 1. The molecular weight excluding hydrogens is 604 g/mol. The lowest BCUT2D eigenvalue weighted by molar-refractivity contribution is -0.175. The van der Waals surface area contributed by atoms with E-state index in [2.05, 4.69) is 0 Å². The third-order valence-electron chi connectivity index (χ3n) is 7.59. The quantitative estimate of drug-likeness (QED) is 0.0868. The van der Waals surface area contributed by atoms with Crippen molar-refractivity contribution in [2.75, 3.05) is 13.2 Å². The number of ketones is 1. The highest BCUT2D eigenvalue weighted by Crippen LogP contribution is 2.21. The fourth-order valence-corrected chi connectivity index (χ4v) is 5.04. The molecule has 7 heteroatoms. The van der Waals surface area contributed by atoms with Crippen molar-refractivity contribution in [3.8, 4) is 0 Å². The Morgan fingerprint density at radius 3 is 1.40 bits per heavy atom. The van der Waals surface area contributed by atoms with Crippen molar-refractivity contribution < 1.29 is 33.3 Å². The van der Waals surface area contributed by atoms with Crippen molar-refractivity contribution >= 4 is 11.8 Å². The van der Waals surface area contributed by atoms with Crippen LogP contribution in [-0.4, -0.2) is 43.3 Å². The van der Waals surface area contributed by atoms with Crippen molar-refractivity contribution in [2.45, 2.75) is 44.7 Å². The molecule has 0 bridgehead atoms. The molecule has 0 aromatic heterocycles. The Balaban J connectivity index is 1.43. The van der Waals surface area contributed by atoms with E-state index in [1.807, 2.05) is 127 Å². The topological polar surface area (TPSA) is 80.3 Å². The number of rotatable bonds is 19. The van der Waals surface area contributed by atoms with Gasteiger partial charge in [-0.3, -0.25) is 4.79 Å². The normalized spacial score (nSPS) is 12.9. The van der Waals surface area contributed by atoms with Crippen LogP contribution in [0.5, 0.6) is 0 Å². The maximum absolute atomic E-state index is 14.1. The van der Waals surface area contributed by atoms with Crippen LogP contribution in [0.1, 0.15) is 32.6 Å². The van der Waals surface area contributed by atoms with Crippen molar-refractivity contribution in [2.24, 2.45) is 0 Å². The lowest BCUT2D eigenvalue weighted by atomic mass is 10.0. The first-order valence-electron chi connectivity index (χ1n) is 16.0. The highest BCUT2D eigenvalue weighted by Gasteiger charge is 2.38. The summed E-state index contributed by atoms with van der Waals surface area (Å²) in [5, 5.41) is 0. The van der Waals surface area contributed by atoms with E-state index in [1.165, 1.54) is 0 Å². The second-order valence-electron chi connectivity index (χ2n) is 11.2. The van der Waals surface area contributed by atoms with Crippen LogP contribution in [0.25, 0.3) is 0 Å². The summed E-state index contributed by atoms with van der Waals surface area (Å²) in [5.74, 6) is -0.826. The lowest BCUT2D eigenvalue weighted by Gasteiger charge is -2.33. The minimum absolute atomic E-state index is 0.149. The summed E-state index contributed by atoms with van der Waals surface area (Å²) in [6.07, 6.45) is -2.95. The summed E-state index contributed by atoms with van der Waals surface area (Å²) >= 11 is 0. The molecule has 48 heavy (non-hydrogen) atoms. The lowest BCUT2D eigenvalue weighted by Crippen LogP contribution is -2.49. The molecule has 0 heterocycles. The first-order chi connectivity index (χ1) is 23.7. The zero-order chi connectivity index (χ0) is 33.2. The fraction of sp³-hybridized carbons (Fsp3) is 0.220. The molecule has 0 fully saturated rings. The molecule has 3 atom stereocenters. The summed E-state index contributed by atoms with van der Waals surface area (Å²) in [7, 11) is 0. The Labute approximate surface area is 282 Å². The molecule has 0 spiro atoms. The van der Waals surface area contributed by atoms with Crippen LogP contribution in [0.3, 0.4) is 0 Å². The number of hydrogen-bond acceptors (Lipinski definition) is 7. The van der Waals surface area contributed by atoms with Crippen LogP contribution >= 0.6 is 0 Å². The van der Waals surface area contributed by atoms with E-state index in [0.29, 0.717) is 5.56 Å². The summed E-state index contributed by atoms with van der Waals surface area (Å²) in [4.78, 5) is 27.1. The van der Waals surface area contributed by atoms with Gasteiger partial charge in [0.25, 0.3) is 0 Å². The van der Waals surface area contributed by atoms with Crippen LogP contribution in [0.4, 0.5) is 0 Å². The van der Waals surface area contributed by atoms with Crippen molar-refractivity contribution in [3.63, 3.8) is 0 Å². The fourth-order valence-electron chi connectivity index (χ4n) is 5.04. The molecule has 0 saturated heterocycles. The van der Waals surface area contributed by atoms with E-state index < -0.39 is 24.3 Å². The van der Waals surface area contributed by atoms with Gasteiger partial charge in [-0.05, 0) is 34.4 Å². The average molecular weight is 645 g/mol. The third-order valence-corrected chi connectivity index (χ3v) is 7.59. The predicted octanol–water partition coefficient (Wildman–Crippen LogP) is 7.39. The second kappa shape index (κ2) is 19.0. The molecule has 246 valence electrons. The molecule has 0 radical (unpaired) electrons. The zero-order valence-electron chi connectivity index (χ0n) is 26.8. The largest absolute Gasteiger partial charge is 0.459 e. The highest BCUT2D eigenvalue weighted by molar-refractivity contribution is 5.89. The first kappa shape index (κ1) is 34.4. The molecular formula is C41H40O7. The zero-order valence-corrected chi connectivity index (χ0v) is 26.8. The van der Waals surface area contributed by atoms with E-state index in [1.54, 1.807) is 24.3 Å². The van der Waals surface area contributed by atoms with Crippen molar-refractivity contribution in [1.29, 1.82) is 0 Å². The third kappa shape index (κ3) is 11.1. The van der Waals surface area contributed by atoms with Gasteiger partial charge in [-0.25, -0.2) is 4.79 Å². The van der Waals surface area contributed by atoms with Crippen LogP contribution in [0.2, 0.25) is 0 Å². The van der Waals surface area contributed by atoms with Gasteiger partial charge < -0.3 is 23.7 Å². The smallest absolute Gasteiger partial charge is 0.338 e. The minimum atomic E-state index is -1.11. The van der Waals surface area contributed by atoms with E-state index in [-0.39, 0.29) is 45.4 Å². The van der Waals surface area contributed by atoms with Gasteiger partial charge in [0, 0.05) is 0 Å². The molecule has 5 aromatic carbocycles. The average Bonchev–Trinajstić information content (AvgIpc) is 3.15. The Morgan fingerprint density at radius 1 is 0.479 bits per heavy atom. The van der Waals surface area contributed by atoms with E-state index in [9.17, 15) is 9.59 Å². The maximum atomic E-state index is 14.1. The second-order valence-corrected chi connectivity index (χ2v) is 11.2. The van der Waals surface area contributed by atoms with Gasteiger partial charge in [0.1, 0.15) is 31.5 Å². The molecule has 0 aliphatic rings. The van der Waals surface area contributed by atoms with Gasteiger partial charge >= 0.3 is 5.97 Å². The summed E-state index contributed by atoms with van der Waals surface area (Å²) in [6.45, 7) is 0.390. The monoisotopic (exact) mass is 644 g/mol. The first-order valence-corrected chi connectivity index (χ1v) is 16.0. The van der Waals surface area contributed by atoms with Crippen molar-refractivity contribution in [3.05, 3.63) is 179 Å². The van der Waals surface area contributed by atoms with Gasteiger partial charge in [0.15, 0.2) is 5.78 Å². The Bertz CT molecular complexity index is 1630. The molecule has 0 N–H and O–H groups in total. The Morgan fingerprint density at radius 2 is 0.896 bits per heavy atom. The number of hydrogen-bond donors (Lipinski definition) is 0. The Hall–Kier alpha value is -4.92. The van der Waals surface area contributed by atoms with Gasteiger partial charge in [-0.1, -0.05) is 140 Å². The van der Waals surface area contributed by atoms with E-state index in [0.717, 1.165) is 22.3 Å². The van der Waals surface area contributed by atoms with E-state index in [4.69, 9.17) is 23.7 Å². The SMILES string of the molecule is O=C(OC[C@H](OCc1ccccc1)[C@@H](OCc1ccccc1)[C@H](OCc1ccccc1)C(=O)COCc1ccccc1)c1ccccc1. The van der Waals surface area contributed by atoms with Gasteiger partial charge in [-0.15, -0.1) is 0 Å². The molecule has 0 unspecified atom stereocenters. The standard InChI is InChI=1S/C41H40O7/c42-37(30-44-26-32-16-6-1-7-17-32)39(46-28-34-20-10-3-11-21-34)40(47-29-35-22-12-4-13-23-35)38(45-27-33-18-8-2-9-19-33)31-48-41(43)36-24-14-5-15-25-36/h1-25,38-40H,26-31H2/t38-,39+,40+/m0/s1. The Kier molecular flexibility index (Phi) is 13.6. The van der Waals surface area contributed by atoms with Gasteiger partial charge in [0.05, 0.1) is 32.0 Å². The number of carbonyl (C=O) groups excluding carboxylic acids is 2. The van der Waals surface area contributed by atoms with Gasteiger partial charge in [0.2, 0.25) is 0 Å². The number of carbonyl (C=O) groups is 2. The van der Waals surface area contributed by atoms with Crippen LogP contribution in [0, 0.1) is 0 Å². The summed E-state index contributed by atoms with van der Waals surface area (Å²) < 4.78 is 31.1. The molecule has 7 nitrogen and oxygen atoms in total. The molecule has 0 amide bonds. The summed E-state index contributed by atoms with van der Waals surface area (Å²) in [5.41, 5.74) is 4.06. The number of benzene rings is 5. The van der Waals surface area contributed by atoms with Crippen LogP contribution in [-0.2, 0) is 54.9 Å².